The number of aliphatic imine (C=N–C) groups is 1. The molecule has 3 rings (SSSR count). The Morgan fingerprint density at radius 2 is 1.67 bits per heavy atom. The van der Waals surface area contributed by atoms with Crippen LogP contribution in [0.5, 0.6) is 0 Å². The quantitative estimate of drug-likeness (QED) is 0.748. The van der Waals surface area contributed by atoms with Gasteiger partial charge in [-0.25, -0.2) is 4.39 Å². The molecule has 27 heavy (non-hydrogen) atoms. The fourth-order valence-electron chi connectivity index (χ4n) is 3.08. The summed E-state index contributed by atoms with van der Waals surface area (Å²) in [6, 6.07) is 15.3. The minimum absolute atomic E-state index is 0.220. The lowest BCUT2D eigenvalue weighted by atomic mass is 10.2. The van der Waals surface area contributed by atoms with Crippen LogP contribution in [0.4, 0.5) is 21.5 Å². The largest absolute Gasteiger partial charge is 0.383 e. The van der Waals surface area contributed by atoms with Gasteiger partial charge in [0.1, 0.15) is 5.82 Å². The highest BCUT2D eigenvalue weighted by molar-refractivity contribution is 8.14. The van der Waals surface area contributed by atoms with Crippen molar-refractivity contribution in [1.29, 1.82) is 0 Å². The van der Waals surface area contributed by atoms with E-state index in [9.17, 15) is 4.39 Å². The third kappa shape index (κ3) is 4.95. The van der Waals surface area contributed by atoms with Crippen molar-refractivity contribution in [3.05, 3.63) is 54.3 Å². The summed E-state index contributed by atoms with van der Waals surface area (Å²) in [4.78, 5) is 9.16. The summed E-state index contributed by atoms with van der Waals surface area (Å²) < 4.78 is 13.1. The number of halogens is 1. The highest BCUT2D eigenvalue weighted by Crippen LogP contribution is 2.25. The Morgan fingerprint density at radius 1 is 1.04 bits per heavy atom. The smallest absolute Gasteiger partial charge is 0.163 e. The zero-order chi connectivity index (χ0) is 19.2. The number of amidine groups is 1. The second-order valence-corrected chi connectivity index (χ2v) is 7.50. The van der Waals surface area contributed by atoms with Gasteiger partial charge in [-0.05, 0) is 62.4 Å². The molecule has 6 heteroatoms. The van der Waals surface area contributed by atoms with Crippen molar-refractivity contribution in [2.45, 2.75) is 19.9 Å². The maximum atomic E-state index is 13.1. The molecule has 0 amide bonds. The average Bonchev–Trinajstić information content (AvgIpc) is 3.17. The van der Waals surface area contributed by atoms with Crippen LogP contribution in [0.3, 0.4) is 0 Å². The predicted octanol–water partition coefficient (Wildman–Crippen LogP) is 4.69. The van der Waals surface area contributed by atoms with Gasteiger partial charge < -0.3 is 15.1 Å². The monoisotopic (exact) mass is 386 g/mol. The molecule has 1 atom stereocenters. The highest BCUT2D eigenvalue weighted by Gasteiger charge is 2.21. The van der Waals surface area contributed by atoms with Crippen LogP contribution in [-0.2, 0) is 0 Å². The molecule has 0 radical (unpaired) electrons. The Bertz CT molecular complexity index is 757. The van der Waals surface area contributed by atoms with Gasteiger partial charge in [-0.3, -0.25) is 4.99 Å². The van der Waals surface area contributed by atoms with Crippen molar-refractivity contribution in [3.63, 3.8) is 0 Å². The van der Waals surface area contributed by atoms with Crippen LogP contribution in [-0.4, -0.2) is 43.6 Å². The van der Waals surface area contributed by atoms with E-state index in [4.69, 9.17) is 4.99 Å². The minimum Gasteiger partial charge on any atom is -0.383 e. The second-order valence-electron chi connectivity index (χ2n) is 6.51. The van der Waals surface area contributed by atoms with Crippen molar-refractivity contribution in [1.82, 2.24) is 0 Å². The van der Waals surface area contributed by atoms with E-state index in [2.05, 4.69) is 48.3 Å². The summed E-state index contributed by atoms with van der Waals surface area (Å²) in [5.74, 6) is 0.730. The van der Waals surface area contributed by atoms with Crippen LogP contribution in [0.1, 0.15) is 13.8 Å². The average molecular weight is 387 g/mol. The summed E-state index contributed by atoms with van der Waals surface area (Å²) in [5.41, 5.74) is 3.32. The second kappa shape index (κ2) is 9.13. The first kappa shape index (κ1) is 19.5. The third-order valence-electron chi connectivity index (χ3n) is 4.74. The highest BCUT2D eigenvalue weighted by atomic mass is 32.2. The van der Waals surface area contributed by atoms with E-state index in [1.165, 1.54) is 17.8 Å². The van der Waals surface area contributed by atoms with Gasteiger partial charge in [0.05, 0.1) is 6.04 Å². The standard InChI is InChI=1S/C21H27FN4S/c1-4-26(5-2)20-12-8-17(9-13-20)23-14-18-15-27-21(24-18)25(3)19-10-6-16(22)7-11-19/h6-13,18,23H,4-5,14-15H2,1-3H3. The Kier molecular flexibility index (Phi) is 6.61. The van der Waals surface area contributed by atoms with Crippen LogP contribution in [0.2, 0.25) is 0 Å². The maximum Gasteiger partial charge on any atom is 0.163 e. The predicted molar refractivity (Wildman–Crippen MR) is 117 cm³/mol. The number of thioether (sulfide) groups is 1. The summed E-state index contributed by atoms with van der Waals surface area (Å²) in [6.45, 7) is 7.18. The van der Waals surface area contributed by atoms with Crippen molar-refractivity contribution in [2.75, 3.05) is 47.6 Å². The number of hydrogen-bond donors (Lipinski definition) is 1. The van der Waals surface area contributed by atoms with Gasteiger partial charge in [0.15, 0.2) is 5.17 Å². The Labute approximate surface area is 165 Å². The third-order valence-corrected chi connectivity index (χ3v) is 5.93. The van der Waals surface area contributed by atoms with Gasteiger partial charge in [0, 0.05) is 49.5 Å². The molecule has 0 fully saturated rings. The van der Waals surface area contributed by atoms with E-state index in [1.54, 1.807) is 23.9 Å². The van der Waals surface area contributed by atoms with E-state index in [0.717, 1.165) is 41.9 Å². The molecule has 2 aromatic rings. The van der Waals surface area contributed by atoms with Crippen LogP contribution in [0.25, 0.3) is 0 Å². The van der Waals surface area contributed by atoms with Gasteiger partial charge in [-0.2, -0.15) is 0 Å². The van der Waals surface area contributed by atoms with Crippen LogP contribution < -0.4 is 15.1 Å². The van der Waals surface area contributed by atoms with Crippen molar-refractivity contribution >= 4 is 34.0 Å². The molecule has 0 aliphatic carbocycles. The molecule has 0 saturated heterocycles. The summed E-state index contributed by atoms with van der Waals surface area (Å²) in [5, 5.41) is 4.47. The summed E-state index contributed by atoms with van der Waals surface area (Å²) in [7, 11) is 1.97. The molecule has 4 nitrogen and oxygen atoms in total. The molecule has 0 saturated carbocycles. The van der Waals surface area contributed by atoms with E-state index < -0.39 is 0 Å². The molecule has 0 spiro atoms. The normalized spacial score (nSPS) is 16.1. The van der Waals surface area contributed by atoms with Gasteiger partial charge in [0.25, 0.3) is 0 Å². The molecule has 1 aliphatic rings. The van der Waals surface area contributed by atoms with Crippen LogP contribution in [0.15, 0.2) is 53.5 Å². The number of nitrogens with one attached hydrogen (secondary N) is 1. The molecular formula is C21H27FN4S. The number of hydrogen-bond acceptors (Lipinski definition) is 5. The molecule has 0 aromatic heterocycles. The van der Waals surface area contributed by atoms with Gasteiger partial charge >= 0.3 is 0 Å². The van der Waals surface area contributed by atoms with E-state index in [1.807, 2.05) is 11.9 Å². The van der Waals surface area contributed by atoms with Gasteiger partial charge in [-0.15, -0.1) is 0 Å². The lowest BCUT2D eigenvalue weighted by Gasteiger charge is -2.21. The molecule has 1 N–H and O–H groups in total. The molecule has 1 aliphatic heterocycles. The lowest BCUT2D eigenvalue weighted by molar-refractivity contribution is 0.628. The first-order chi connectivity index (χ1) is 13.1. The SMILES string of the molecule is CCN(CC)c1ccc(NCC2CSC(N(C)c3ccc(F)cc3)=N2)cc1. The minimum atomic E-state index is -0.220. The molecule has 1 heterocycles. The van der Waals surface area contributed by atoms with Crippen LogP contribution in [0, 0.1) is 5.82 Å². The number of benzene rings is 2. The molecule has 144 valence electrons. The first-order valence-electron chi connectivity index (χ1n) is 9.39. The molecular weight excluding hydrogens is 359 g/mol. The summed E-state index contributed by atoms with van der Waals surface area (Å²) >= 11 is 1.74. The van der Waals surface area contributed by atoms with Crippen molar-refractivity contribution in [3.8, 4) is 0 Å². The first-order valence-corrected chi connectivity index (χ1v) is 10.4. The zero-order valence-corrected chi connectivity index (χ0v) is 17.0. The fourth-order valence-corrected chi connectivity index (χ4v) is 4.14. The lowest BCUT2D eigenvalue weighted by Crippen LogP contribution is -2.22. The van der Waals surface area contributed by atoms with Crippen LogP contribution >= 0.6 is 11.8 Å². The Balaban J connectivity index is 1.55. The number of anilines is 3. The van der Waals surface area contributed by atoms with E-state index >= 15 is 0 Å². The Hall–Kier alpha value is -2.21. The van der Waals surface area contributed by atoms with E-state index in [-0.39, 0.29) is 11.9 Å². The Morgan fingerprint density at radius 3 is 2.30 bits per heavy atom. The van der Waals surface area contributed by atoms with Crippen molar-refractivity contribution < 1.29 is 4.39 Å². The number of rotatable bonds is 7. The fraction of sp³-hybridized carbons (Fsp3) is 0.381. The topological polar surface area (TPSA) is 30.9 Å². The molecule has 1 unspecified atom stereocenters. The van der Waals surface area contributed by atoms with Gasteiger partial charge in [-0.1, -0.05) is 11.8 Å². The maximum absolute atomic E-state index is 13.1. The van der Waals surface area contributed by atoms with Gasteiger partial charge in [0.2, 0.25) is 0 Å². The molecule has 0 bridgehead atoms. The molecule has 2 aromatic carbocycles. The van der Waals surface area contributed by atoms with Crippen molar-refractivity contribution in [2.24, 2.45) is 4.99 Å². The summed E-state index contributed by atoms with van der Waals surface area (Å²) in [6.07, 6.45) is 0. The zero-order valence-electron chi connectivity index (χ0n) is 16.2. The number of nitrogens with zero attached hydrogens (tertiary/aromatic N) is 3. The van der Waals surface area contributed by atoms with E-state index in [0.29, 0.717) is 0 Å².